The molecule has 0 aromatic heterocycles. The lowest BCUT2D eigenvalue weighted by atomic mass is 9.78. The van der Waals surface area contributed by atoms with E-state index in [-0.39, 0.29) is 11.4 Å². The maximum absolute atomic E-state index is 12.1. The highest BCUT2D eigenvalue weighted by atomic mass is 16.5. The molecule has 1 unspecified atom stereocenters. The first-order chi connectivity index (χ1) is 10.3. The Morgan fingerprint density at radius 2 is 1.55 bits per heavy atom. The molecule has 0 saturated heterocycles. The molecule has 0 saturated carbocycles. The van der Waals surface area contributed by atoms with Crippen molar-refractivity contribution in [1.29, 1.82) is 0 Å². The van der Waals surface area contributed by atoms with Crippen LogP contribution in [0.4, 0.5) is 0 Å². The predicted octanol–water partition coefficient (Wildman–Crippen LogP) is 3.31. The number of carbonyl (C=O) groups excluding carboxylic acids is 1. The van der Waals surface area contributed by atoms with Gasteiger partial charge in [0.15, 0.2) is 0 Å². The van der Waals surface area contributed by atoms with Crippen LogP contribution in [0.15, 0.2) is 48.5 Å². The second kappa shape index (κ2) is 6.39. The predicted molar refractivity (Wildman–Crippen MR) is 93.9 cm³/mol. The van der Waals surface area contributed by atoms with E-state index < -0.39 is 0 Å². The van der Waals surface area contributed by atoms with Crippen molar-refractivity contribution < 1.29 is 9.53 Å². The lowest BCUT2D eigenvalue weighted by molar-refractivity contribution is 0.0734. The van der Waals surface area contributed by atoms with Gasteiger partial charge in [-0.25, -0.2) is 4.79 Å². The lowest BCUT2D eigenvalue weighted by Gasteiger charge is -2.27. The molecule has 3 heteroatoms. The molecular weight excluding hydrogens is 271 g/mol. The Balaban J connectivity index is 2.08. The van der Waals surface area contributed by atoms with Crippen LogP contribution >= 0.6 is 0 Å². The van der Waals surface area contributed by atoms with E-state index in [4.69, 9.17) is 4.74 Å². The number of ether oxygens (including phenoxy) is 1. The van der Waals surface area contributed by atoms with E-state index in [1.54, 1.807) is 12.1 Å². The van der Waals surface area contributed by atoms with Crippen molar-refractivity contribution in [3.8, 4) is 5.75 Å². The highest BCUT2D eigenvalue weighted by Crippen LogP contribution is 2.34. The molecule has 0 bridgehead atoms. The zero-order valence-corrected chi connectivity index (χ0v) is 14.0. The van der Waals surface area contributed by atoms with Crippen LogP contribution < -0.4 is 10.2 Å². The summed E-state index contributed by atoms with van der Waals surface area (Å²) in [6.07, 6.45) is 0. The topological polar surface area (TPSA) is 26.3 Å². The van der Waals surface area contributed by atoms with Crippen LogP contribution in [0.25, 0.3) is 0 Å². The summed E-state index contributed by atoms with van der Waals surface area (Å²) in [6, 6.07) is 15.2. The van der Waals surface area contributed by atoms with Crippen LogP contribution in [0, 0.1) is 5.41 Å². The van der Waals surface area contributed by atoms with Crippen LogP contribution in [0.2, 0.25) is 0 Å². The van der Waals surface area contributed by atoms with Crippen LogP contribution in [-0.2, 0) is 0 Å². The summed E-state index contributed by atoms with van der Waals surface area (Å²) in [4.78, 5) is 12.1. The van der Waals surface area contributed by atoms with Crippen LogP contribution in [-0.4, -0.2) is 13.8 Å². The monoisotopic (exact) mass is 294 g/mol. The molecule has 0 aliphatic rings. The molecule has 0 N–H and O–H groups in total. The average Bonchev–Trinajstić information content (AvgIpc) is 2.47. The number of hydrogen-bond donors (Lipinski definition) is 0. The number of carbonyl (C=O) groups is 1. The molecule has 0 amide bonds. The molecule has 2 nitrogen and oxygen atoms in total. The van der Waals surface area contributed by atoms with Crippen molar-refractivity contribution in [3.63, 3.8) is 0 Å². The molecular formula is C19H23BO2. The Morgan fingerprint density at radius 1 is 1.00 bits per heavy atom. The van der Waals surface area contributed by atoms with Gasteiger partial charge in [0.05, 0.1) is 5.56 Å². The van der Waals surface area contributed by atoms with Crippen LogP contribution in [0.3, 0.4) is 0 Å². The van der Waals surface area contributed by atoms with Gasteiger partial charge in [0.25, 0.3) is 0 Å². The fraction of sp³-hybridized carbons (Fsp3) is 0.316. The number of esters is 1. The summed E-state index contributed by atoms with van der Waals surface area (Å²) in [5.41, 5.74) is 3.15. The second-order valence-corrected chi connectivity index (χ2v) is 6.91. The molecule has 0 fully saturated rings. The number of rotatable bonds is 3. The van der Waals surface area contributed by atoms with Gasteiger partial charge in [-0.2, -0.15) is 0 Å². The molecule has 0 heterocycles. The van der Waals surface area contributed by atoms with E-state index in [2.05, 4.69) is 27.7 Å². The van der Waals surface area contributed by atoms with Gasteiger partial charge < -0.3 is 4.74 Å². The van der Waals surface area contributed by atoms with Gasteiger partial charge in [0.2, 0.25) is 0 Å². The molecule has 0 radical (unpaired) electrons. The Kier molecular flexibility index (Phi) is 4.75. The lowest BCUT2D eigenvalue weighted by Crippen LogP contribution is -2.15. The van der Waals surface area contributed by atoms with Crippen molar-refractivity contribution in [3.05, 3.63) is 59.7 Å². The van der Waals surface area contributed by atoms with Crippen molar-refractivity contribution in [2.45, 2.75) is 33.6 Å². The van der Waals surface area contributed by atoms with Crippen molar-refractivity contribution in [2.24, 2.45) is 5.41 Å². The van der Waals surface area contributed by atoms with E-state index in [1.807, 2.05) is 44.2 Å². The summed E-state index contributed by atoms with van der Waals surface area (Å²) in [5, 5.41) is 0. The molecule has 22 heavy (non-hydrogen) atoms. The first-order valence-corrected chi connectivity index (χ1v) is 7.66. The first-order valence-electron chi connectivity index (χ1n) is 7.66. The summed E-state index contributed by atoms with van der Waals surface area (Å²) in [6.45, 7) is 8.89. The molecule has 0 aliphatic heterocycles. The number of benzene rings is 2. The molecule has 2 rings (SSSR count). The van der Waals surface area contributed by atoms with Gasteiger partial charge in [-0.1, -0.05) is 57.4 Å². The van der Waals surface area contributed by atoms with Crippen molar-refractivity contribution in [1.82, 2.24) is 0 Å². The van der Waals surface area contributed by atoms with Gasteiger partial charge in [0, 0.05) is 0 Å². The smallest absolute Gasteiger partial charge is 0.343 e. The second-order valence-electron chi connectivity index (χ2n) is 6.91. The van der Waals surface area contributed by atoms with Gasteiger partial charge in [-0.05, 0) is 41.2 Å². The Bertz CT molecular complexity index is 637. The Hall–Kier alpha value is -2.03. The van der Waals surface area contributed by atoms with E-state index in [0.29, 0.717) is 17.2 Å². The zero-order chi connectivity index (χ0) is 16.3. The minimum Gasteiger partial charge on any atom is -0.423 e. The zero-order valence-electron chi connectivity index (χ0n) is 14.0. The molecule has 1 atom stereocenters. The van der Waals surface area contributed by atoms with Gasteiger partial charge in [-0.3, -0.25) is 0 Å². The Labute approximate surface area is 133 Å². The first kappa shape index (κ1) is 16.3. The summed E-state index contributed by atoms with van der Waals surface area (Å²) < 4.78 is 5.42. The maximum Gasteiger partial charge on any atom is 0.343 e. The largest absolute Gasteiger partial charge is 0.423 e. The Morgan fingerprint density at radius 3 is 2.05 bits per heavy atom. The third-order valence-electron chi connectivity index (χ3n) is 4.18. The van der Waals surface area contributed by atoms with Gasteiger partial charge in [-0.15, -0.1) is 0 Å². The highest BCUT2D eigenvalue weighted by Gasteiger charge is 2.21. The number of hydrogen-bond acceptors (Lipinski definition) is 2. The van der Waals surface area contributed by atoms with Crippen LogP contribution in [0.5, 0.6) is 5.75 Å². The van der Waals surface area contributed by atoms with Crippen LogP contribution in [0.1, 0.15) is 49.5 Å². The van der Waals surface area contributed by atoms with Crippen molar-refractivity contribution in [2.75, 3.05) is 0 Å². The summed E-state index contributed by atoms with van der Waals surface area (Å²) in [7, 11) is 1.99. The van der Waals surface area contributed by atoms with Gasteiger partial charge >= 0.3 is 5.97 Å². The highest BCUT2D eigenvalue weighted by molar-refractivity contribution is 6.32. The third-order valence-corrected chi connectivity index (χ3v) is 4.18. The third kappa shape index (κ3) is 4.00. The van der Waals surface area contributed by atoms with Gasteiger partial charge in [0.1, 0.15) is 13.6 Å². The summed E-state index contributed by atoms with van der Waals surface area (Å²) in [5.74, 6) is 0.696. The SMILES string of the molecule is Bc1ccc(C(=O)Oc2ccc(C(C)C(C)(C)C)cc2)cc1. The normalized spacial score (nSPS) is 12.7. The maximum atomic E-state index is 12.1. The van der Waals surface area contributed by atoms with E-state index >= 15 is 0 Å². The standard InChI is InChI=1S/C19H23BO2/c1-13(19(2,3)4)14-7-11-17(12-8-14)22-18(21)15-5-9-16(20)10-6-15/h5-13H,20H2,1-4H3. The average molecular weight is 294 g/mol. The fourth-order valence-corrected chi connectivity index (χ4v) is 2.18. The molecule has 2 aromatic carbocycles. The van der Waals surface area contributed by atoms with E-state index in [1.165, 1.54) is 5.56 Å². The quantitative estimate of drug-likeness (QED) is 0.493. The molecule has 0 spiro atoms. The molecule has 114 valence electrons. The minimum atomic E-state index is -0.323. The summed E-state index contributed by atoms with van der Waals surface area (Å²) >= 11 is 0. The van der Waals surface area contributed by atoms with E-state index in [0.717, 1.165) is 5.46 Å². The molecule has 2 aromatic rings. The van der Waals surface area contributed by atoms with E-state index in [9.17, 15) is 4.79 Å². The van der Waals surface area contributed by atoms with Crippen molar-refractivity contribution >= 4 is 19.3 Å². The minimum absolute atomic E-state index is 0.208. The fourth-order valence-electron chi connectivity index (χ4n) is 2.18. The molecule has 0 aliphatic carbocycles.